The lowest BCUT2D eigenvalue weighted by Gasteiger charge is -2.43. The zero-order valence-corrected chi connectivity index (χ0v) is 19.8. The van der Waals surface area contributed by atoms with Gasteiger partial charge in [0.25, 0.3) is 0 Å². The molecule has 0 atom stereocenters. The number of piperidine rings is 1. The van der Waals surface area contributed by atoms with Gasteiger partial charge in [-0.3, -0.25) is 24.7 Å². The van der Waals surface area contributed by atoms with E-state index >= 15 is 0 Å². The Morgan fingerprint density at radius 1 is 0.588 bits per heavy atom. The van der Waals surface area contributed by atoms with Gasteiger partial charge in [0.05, 0.1) is 11.0 Å². The summed E-state index contributed by atoms with van der Waals surface area (Å²) in [5.41, 5.74) is 5.01. The van der Waals surface area contributed by atoms with E-state index in [4.69, 9.17) is 0 Å². The molecule has 0 unspecified atom stereocenters. The first-order valence-corrected chi connectivity index (χ1v) is 12.7. The minimum absolute atomic E-state index is 0.731. The molecule has 6 rings (SSSR count). The Morgan fingerprint density at radius 3 is 1.65 bits per heavy atom. The van der Waals surface area contributed by atoms with Crippen molar-refractivity contribution in [2.45, 2.75) is 32.0 Å². The minimum atomic E-state index is 0.731. The standard InChI is InChI=1S/C29H33N5/c1-3-7-28-26(5-1)23(9-13-30-28)21-32-15-11-25(12-16-32)34-19-17-33(18-20-34)22-24-10-14-31-29-8-4-2-6-27(24)29/h1-10,13-14,25H,11-12,15-22H2. The Labute approximate surface area is 202 Å². The van der Waals surface area contributed by atoms with Gasteiger partial charge in [-0.15, -0.1) is 0 Å². The number of fused-ring (bicyclic) bond motifs is 2. The lowest BCUT2D eigenvalue weighted by atomic mass is 10.0. The van der Waals surface area contributed by atoms with Crippen molar-refractivity contribution in [3.63, 3.8) is 0 Å². The summed E-state index contributed by atoms with van der Waals surface area (Å²) in [6, 6.07) is 22.1. The summed E-state index contributed by atoms with van der Waals surface area (Å²) < 4.78 is 0. The Hall–Kier alpha value is -2.86. The maximum absolute atomic E-state index is 4.52. The molecule has 0 spiro atoms. The molecule has 0 saturated carbocycles. The molecule has 0 radical (unpaired) electrons. The summed E-state index contributed by atoms with van der Waals surface area (Å²) in [4.78, 5) is 17.0. The number of hydrogen-bond acceptors (Lipinski definition) is 5. The molecule has 4 aromatic rings. The second-order valence-corrected chi connectivity index (χ2v) is 9.79. The third-order valence-corrected chi connectivity index (χ3v) is 7.75. The highest BCUT2D eigenvalue weighted by Gasteiger charge is 2.27. The Bertz CT molecular complexity index is 1150. The van der Waals surface area contributed by atoms with Crippen LogP contribution in [0.2, 0.25) is 0 Å². The zero-order valence-electron chi connectivity index (χ0n) is 19.8. The maximum atomic E-state index is 4.52. The van der Waals surface area contributed by atoms with E-state index in [1.165, 1.54) is 60.9 Å². The summed E-state index contributed by atoms with van der Waals surface area (Å²) in [5, 5.41) is 2.59. The lowest BCUT2D eigenvalue weighted by molar-refractivity contribution is 0.0552. The first-order chi connectivity index (χ1) is 16.8. The van der Waals surface area contributed by atoms with Crippen LogP contribution in [0.3, 0.4) is 0 Å². The summed E-state index contributed by atoms with van der Waals surface area (Å²) in [6.07, 6.45) is 6.46. The van der Waals surface area contributed by atoms with Gasteiger partial charge >= 0.3 is 0 Å². The van der Waals surface area contributed by atoms with Gasteiger partial charge in [-0.1, -0.05) is 36.4 Å². The number of piperazine rings is 1. The van der Waals surface area contributed by atoms with Crippen molar-refractivity contribution in [2.24, 2.45) is 0 Å². The van der Waals surface area contributed by atoms with Crippen LogP contribution in [0.25, 0.3) is 21.8 Å². The van der Waals surface area contributed by atoms with Gasteiger partial charge in [0.15, 0.2) is 0 Å². The van der Waals surface area contributed by atoms with Crippen molar-refractivity contribution < 1.29 is 0 Å². The van der Waals surface area contributed by atoms with E-state index in [1.807, 2.05) is 12.4 Å². The van der Waals surface area contributed by atoms with E-state index in [0.29, 0.717) is 0 Å². The van der Waals surface area contributed by atoms with E-state index in [9.17, 15) is 0 Å². The average molecular weight is 452 g/mol. The van der Waals surface area contributed by atoms with Gasteiger partial charge < -0.3 is 0 Å². The van der Waals surface area contributed by atoms with Gasteiger partial charge in [-0.05, 0) is 61.3 Å². The van der Waals surface area contributed by atoms with Gasteiger partial charge in [0.1, 0.15) is 0 Å². The van der Waals surface area contributed by atoms with Crippen molar-refractivity contribution in [2.75, 3.05) is 39.3 Å². The maximum Gasteiger partial charge on any atom is 0.0705 e. The summed E-state index contributed by atoms with van der Waals surface area (Å²) in [6.45, 7) is 9.10. The number of nitrogens with zero attached hydrogens (tertiary/aromatic N) is 5. The largest absolute Gasteiger partial charge is 0.299 e. The molecule has 0 aliphatic carbocycles. The highest BCUT2D eigenvalue weighted by molar-refractivity contribution is 5.82. The second-order valence-electron chi connectivity index (χ2n) is 9.79. The van der Waals surface area contributed by atoms with Crippen LogP contribution in [0.15, 0.2) is 73.1 Å². The topological polar surface area (TPSA) is 35.5 Å². The molecule has 2 aliphatic heterocycles. The molecule has 174 valence electrons. The van der Waals surface area contributed by atoms with E-state index in [1.54, 1.807) is 0 Å². The van der Waals surface area contributed by atoms with Crippen LogP contribution in [0.4, 0.5) is 0 Å². The summed E-state index contributed by atoms with van der Waals surface area (Å²) >= 11 is 0. The van der Waals surface area contributed by atoms with E-state index < -0.39 is 0 Å². The molecule has 0 bridgehead atoms. The van der Waals surface area contributed by atoms with E-state index in [0.717, 1.165) is 43.3 Å². The molecule has 5 nitrogen and oxygen atoms in total. The molecular weight excluding hydrogens is 418 g/mol. The van der Waals surface area contributed by atoms with Crippen molar-refractivity contribution in [3.8, 4) is 0 Å². The fraction of sp³-hybridized carbons (Fsp3) is 0.379. The molecule has 2 aromatic heterocycles. The SMILES string of the molecule is c1ccc2c(CN3CCC(N4CCN(Cc5ccnc6ccccc56)CC4)CC3)ccnc2c1. The van der Waals surface area contributed by atoms with Crippen molar-refractivity contribution >= 4 is 21.8 Å². The predicted octanol–water partition coefficient (Wildman–Crippen LogP) is 4.57. The molecule has 0 N–H and O–H groups in total. The molecular formula is C29H33N5. The van der Waals surface area contributed by atoms with Crippen molar-refractivity contribution in [1.82, 2.24) is 24.7 Å². The van der Waals surface area contributed by atoms with Gasteiger partial charge in [0.2, 0.25) is 0 Å². The Kier molecular flexibility index (Phi) is 6.23. The molecule has 0 amide bonds. The van der Waals surface area contributed by atoms with Gasteiger partial charge in [-0.2, -0.15) is 0 Å². The van der Waals surface area contributed by atoms with Crippen molar-refractivity contribution in [3.05, 3.63) is 84.2 Å². The van der Waals surface area contributed by atoms with Crippen LogP contribution in [0, 0.1) is 0 Å². The molecule has 2 aromatic carbocycles. The number of para-hydroxylation sites is 2. The van der Waals surface area contributed by atoms with Crippen LogP contribution in [0.1, 0.15) is 24.0 Å². The van der Waals surface area contributed by atoms with Crippen LogP contribution < -0.4 is 0 Å². The van der Waals surface area contributed by atoms with Crippen LogP contribution >= 0.6 is 0 Å². The molecule has 5 heteroatoms. The van der Waals surface area contributed by atoms with Crippen LogP contribution in [-0.2, 0) is 13.1 Å². The first-order valence-electron chi connectivity index (χ1n) is 12.7. The van der Waals surface area contributed by atoms with Crippen molar-refractivity contribution in [1.29, 1.82) is 0 Å². The number of aromatic nitrogens is 2. The number of benzene rings is 2. The number of rotatable bonds is 5. The fourth-order valence-electron chi connectivity index (χ4n) is 5.80. The zero-order chi connectivity index (χ0) is 22.7. The molecule has 2 aliphatic rings. The molecule has 2 saturated heterocycles. The first kappa shape index (κ1) is 21.7. The smallest absolute Gasteiger partial charge is 0.0705 e. The number of pyridine rings is 2. The fourth-order valence-corrected chi connectivity index (χ4v) is 5.80. The average Bonchev–Trinajstić information content (AvgIpc) is 2.90. The minimum Gasteiger partial charge on any atom is -0.299 e. The quantitative estimate of drug-likeness (QED) is 0.444. The third-order valence-electron chi connectivity index (χ3n) is 7.75. The predicted molar refractivity (Wildman–Crippen MR) is 139 cm³/mol. The monoisotopic (exact) mass is 451 g/mol. The highest BCUT2D eigenvalue weighted by atomic mass is 15.3. The highest BCUT2D eigenvalue weighted by Crippen LogP contribution is 2.24. The van der Waals surface area contributed by atoms with Crippen LogP contribution in [-0.4, -0.2) is 70.0 Å². The summed E-state index contributed by atoms with van der Waals surface area (Å²) in [5.74, 6) is 0. The second kappa shape index (κ2) is 9.79. The lowest BCUT2D eigenvalue weighted by Crippen LogP contribution is -2.52. The summed E-state index contributed by atoms with van der Waals surface area (Å²) in [7, 11) is 0. The number of hydrogen-bond donors (Lipinski definition) is 0. The molecule has 2 fully saturated rings. The van der Waals surface area contributed by atoms with Crippen LogP contribution in [0.5, 0.6) is 0 Å². The van der Waals surface area contributed by atoms with Gasteiger partial charge in [0, 0.05) is 68.5 Å². The number of likely N-dealkylation sites (tertiary alicyclic amines) is 1. The Morgan fingerprint density at radius 2 is 1.09 bits per heavy atom. The van der Waals surface area contributed by atoms with E-state index in [2.05, 4.69) is 85.3 Å². The third kappa shape index (κ3) is 4.56. The Balaban J connectivity index is 1.01. The normalized spacial score (nSPS) is 19.2. The van der Waals surface area contributed by atoms with Gasteiger partial charge in [-0.25, -0.2) is 0 Å². The molecule has 4 heterocycles. The van der Waals surface area contributed by atoms with E-state index in [-0.39, 0.29) is 0 Å². The molecule has 34 heavy (non-hydrogen) atoms.